The van der Waals surface area contributed by atoms with Gasteiger partial charge in [0.15, 0.2) is 0 Å². The van der Waals surface area contributed by atoms with Crippen LogP contribution in [0.15, 0.2) is 41.6 Å². The Morgan fingerprint density at radius 2 is 2.14 bits per heavy atom. The first kappa shape index (κ1) is 15.4. The molecular weight excluding hydrogens is 298 g/mol. The lowest BCUT2D eigenvalue weighted by molar-refractivity contribution is 0.256. The highest BCUT2D eigenvalue weighted by Crippen LogP contribution is 2.26. The number of benzene rings is 1. The molecule has 6 heteroatoms. The number of sulfonamides is 1. The number of hydrogen-bond donors (Lipinski definition) is 1. The van der Waals surface area contributed by atoms with E-state index in [1.165, 1.54) is 0 Å². The molecule has 1 aromatic carbocycles. The molecule has 1 aliphatic rings. The summed E-state index contributed by atoms with van der Waals surface area (Å²) in [6, 6.07) is 7.31. The largest absolute Gasteiger partial charge is 0.311 e. The van der Waals surface area contributed by atoms with E-state index in [9.17, 15) is 8.42 Å². The minimum absolute atomic E-state index is 0.195. The van der Waals surface area contributed by atoms with Crippen molar-refractivity contribution in [3.8, 4) is 0 Å². The fourth-order valence-corrected chi connectivity index (χ4v) is 4.55. The predicted octanol–water partition coefficient (Wildman–Crippen LogP) is 1.85. The van der Waals surface area contributed by atoms with Crippen molar-refractivity contribution in [2.75, 3.05) is 19.6 Å². The zero-order valence-electron chi connectivity index (χ0n) is 12.9. The Morgan fingerprint density at radius 1 is 1.32 bits per heavy atom. The zero-order valence-corrected chi connectivity index (χ0v) is 13.7. The lowest BCUT2D eigenvalue weighted by Crippen LogP contribution is -2.54. The molecule has 1 fully saturated rings. The second-order valence-corrected chi connectivity index (χ2v) is 7.93. The third-order valence-electron chi connectivity index (χ3n) is 4.23. The quantitative estimate of drug-likeness (QED) is 0.938. The molecule has 0 bridgehead atoms. The SMILES string of the molecule is CC(C)[C@H]1CN(S(=O)(=O)c2cccc3cnccc23)CCN1. The van der Waals surface area contributed by atoms with E-state index in [0.717, 1.165) is 10.8 Å². The summed E-state index contributed by atoms with van der Waals surface area (Å²) < 4.78 is 27.7. The number of nitrogens with one attached hydrogen (secondary N) is 1. The van der Waals surface area contributed by atoms with Crippen molar-refractivity contribution in [2.45, 2.75) is 24.8 Å². The number of pyridine rings is 1. The Balaban J connectivity index is 2.01. The van der Waals surface area contributed by atoms with Gasteiger partial charge < -0.3 is 5.32 Å². The number of nitrogens with zero attached hydrogens (tertiary/aromatic N) is 2. The highest BCUT2D eigenvalue weighted by molar-refractivity contribution is 7.89. The Kier molecular flexibility index (Phi) is 4.16. The first-order chi connectivity index (χ1) is 10.5. The van der Waals surface area contributed by atoms with E-state index in [2.05, 4.69) is 24.1 Å². The summed E-state index contributed by atoms with van der Waals surface area (Å²) in [6.07, 6.45) is 3.33. The molecule has 5 nitrogen and oxygen atoms in total. The maximum atomic E-state index is 13.0. The highest BCUT2D eigenvalue weighted by atomic mass is 32.2. The van der Waals surface area contributed by atoms with Crippen LogP contribution in [0.1, 0.15) is 13.8 Å². The van der Waals surface area contributed by atoms with Crippen LogP contribution in [-0.2, 0) is 10.0 Å². The fourth-order valence-electron chi connectivity index (χ4n) is 2.87. The van der Waals surface area contributed by atoms with Gasteiger partial charge in [0, 0.05) is 48.8 Å². The molecule has 0 unspecified atom stereocenters. The van der Waals surface area contributed by atoms with Gasteiger partial charge in [-0.1, -0.05) is 26.0 Å². The molecule has 22 heavy (non-hydrogen) atoms. The van der Waals surface area contributed by atoms with E-state index >= 15 is 0 Å². The van der Waals surface area contributed by atoms with Crippen LogP contribution in [0.4, 0.5) is 0 Å². The van der Waals surface area contributed by atoms with Gasteiger partial charge in [-0.15, -0.1) is 0 Å². The number of hydrogen-bond acceptors (Lipinski definition) is 4. The predicted molar refractivity (Wildman–Crippen MR) is 87.1 cm³/mol. The molecule has 0 saturated carbocycles. The van der Waals surface area contributed by atoms with Crippen LogP contribution in [-0.4, -0.2) is 43.4 Å². The summed E-state index contributed by atoms with van der Waals surface area (Å²) in [4.78, 5) is 4.44. The fraction of sp³-hybridized carbons (Fsp3) is 0.438. The van der Waals surface area contributed by atoms with Gasteiger partial charge in [-0.3, -0.25) is 4.98 Å². The Hall–Kier alpha value is -1.50. The smallest absolute Gasteiger partial charge is 0.243 e. The summed E-state index contributed by atoms with van der Waals surface area (Å²) in [7, 11) is -3.49. The number of rotatable bonds is 3. The van der Waals surface area contributed by atoms with Gasteiger partial charge in [-0.05, 0) is 18.1 Å². The van der Waals surface area contributed by atoms with Gasteiger partial charge in [0.05, 0.1) is 4.90 Å². The number of piperazine rings is 1. The average Bonchev–Trinajstić information content (AvgIpc) is 2.54. The molecule has 1 atom stereocenters. The molecule has 0 aliphatic carbocycles. The van der Waals surface area contributed by atoms with E-state index in [4.69, 9.17) is 0 Å². The molecule has 2 aromatic rings. The number of aromatic nitrogens is 1. The molecule has 0 amide bonds. The van der Waals surface area contributed by atoms with Crippen molar-refractivity contribution in [1.29, 1.82) is 0 Å². The van der Waals surface area contributed by atoms with Crippen molar-refractivity contribution >= 4 is 20.8 Å². The van der Waals surface area contributed by atoms with Gasteiger partial charge in [0.2, 0.25) is 10.0 Å². The Labute approximate surface area is 131 Å². The molecular formula is C16H21N3O2S. The molecule has 1 aliphatic heterocycles. The molecule has 0 radical (unpaired) electrons. The molecule has 3 rings (SSSR count). The lowest BCUT2D eigenvalue weighted by atomic mass is 10.0. The molecule has 118 valence electrons. The van der Waals surface area contributed by atoms with Crippen molar-refractivity contribution in [3.63, 3.8) is 0 Å². The van der Waals surface area contributed by atoms with Crippen LogP contribution in [0.2, 0.25) is 0 Å². The van der Waals surface area contributed by atoms with Crippen LogP contribution in [0.3, 0.4) is 0 Å². The second-order valence-electron chi connectivity index (χ2n) is 6.02. The van der Waals surface area contributed by atoms with Crippen molar-refractivity contribution in [2.24, 2.45) is 5.92 Å². The van der Waals surface area contributed by atoms with Crippen LogP contribution in [0.5, 0.6) is 0 Å². The van der Waals surface area contributed by atoms with Crippen molar-refractivity contribution in [3.05, 3.63) is 36.7 Å². The summed E-state index contributed by atoms with van der Waals surface area (Å²) in [5.74, 6) is 0.398. The van der Waals surface area contributed by atoms with Gasteiger partial charge in [-0.2, -0.15) is 4.31 Å². The third-order valence-corrected chi connectivity index (χ3v) is 6.15. The van der Waals surface area contributed by atoms with Gasteiger partial charge in [0.1, 0.15) is 0 Å². The lowest BCUT2D eigenvalue weighted by Gasteiger charge is -2.35. The third kappa shape index (κ3) is 2.74. The van der Waals surface area contributed by atoms with E-state index in [1.807, 2.05) is 6.07 Å². The van der Waals surface area contributed by atoms with Crippen LogP contribution in [0, 0.1) is 5.92 Å². The molecule has 0 spiro atoms. The standard InChI is InChI=1S/C16H21N3O2S/c1-12(2)15-11-19(9-8-18-15)22(20,21)16-5-3-4-13-10-17-7-6-14(13)16/h3-7,10,12,15,18H,8-9,11H2,1-2H3/t15-/m1/s1. The maximum absolute atomic E-state index is 13.0. The number of fused-ring (bicyclic) bond motifs is 1. The normalized spacial score (nSPS) is 20.6. The van der Waals surface area contributed by atoms with Crippen LogP contribution < -0.4 is 5.32 Å². The second kappa shape index (κ2) is 5.95. The molecule has 1 N–H and O–H groups in total. The van der Waals surface area contributed by atoms with Crippen molar-refractivity contribution < 1.29 is 8.42 Å². The molecule has 1 aromatic heterocycles. The first-order valence-electron chi connectivity index (χ1n) is 7.56. The minimum atomic E-state index is -3.49. The molecule has 2 heterocycles. The topological polar surface area (TPSA) is 62.3 Å². The van der Waals surface area contributed by atoms with E-state index < -0.39 is 10.0 Å². The first-order valence-corrected chi connectivity index (χ1v) is 9.00. The van der Waals surface area contributed by atoms with Gasteiger partial charge in [0.25, 0.3) is 0 Å². The van der Waals surface area contributed by atoms with E-state index in [1.54, 1.807) is 34.9 Å². The average molecular weight is 319 g/mol. The summed E-state index contributed by atoms with van der Waals surface area (Å²) in [6.45, 7) is 5.93. The monoisotopic (exact) mass is 319 g/mol. The maximum Gasteiger partial charge on any atom is 0.243 e. The Bertz CT molecular complexity index is 769. The molecule has 1 saturated heterocycles. The van der Waals surface area contributed by atoms with Gasteiger partial charge >= 0.3 is 0 Å². The van der Waals surface area contributed by atoms with Gasteiger partial charge in [-0.25, -0.2) is 8.42 Å². The van der Waals surface area contributed by atoms with E-state index in [0.29, 0.717) is 30.4 Å². The van der Waals surface area contributed by atoms with E-state index in [-0.39, 0.29) is 6.04 Å². The van der Waals surface area contributed by atoms with Crippen LogP contribution in [0.25, 0.3) is 10.8 Å². The minimum Gasteiger partial charge on any atom is -0.311 e. The zero-order chi connectivity index (χ0) is 15.7. The highest BCUT2D eigenvalue weighted by Gasteiger charge is 2.31. The summed E-state index contributed by atoms with van der Waals surface area (Å²) in [5, 5.41) is 4.97. The summed E-state index contributed by atoms with van der Waals surface area (Å²) >= 11 is 0. The van der Waals surface area contributed by atoms with Crippen LogP contribution >= 0.6 is 0 Å². The Morgan fingerprint density at radius 3 is 2.91 bits per heavy atom. The van der Waals surface area contributed by atoms with Crippen molar-refractivity contribution in [1.82, 2.24) is 14.6 Å². The summed E-state index contributed by atoms with van der Waals surface area (Å²) in [5.41, 5.74) is 0.